The monoisotopic (exact) mass is 695 g/mol. The van der Waals surface area contributed by atoms with Crippen LogP contribution in [0.25, 0.3) is 0 Å². The predicted molar refractivity (Wildman–Crippen MR) is 188 cm³/mol. The molecule has 1 saturated heterocycles. The molecule has 11 nitrogen and oxygen atoms in total. The molecule has 2 fully saturated rings. The fourth-order valence-corrected chi connectivity index (χ4v) is 7.32. The molecule has 1 aliphatic heterocycles. The van der Waals surface area contributed by atoms with Crippen LogP contribution in [0.5, 0.6) is 0 Å². The summed E-state index contributed by atoms with van der Waals surface area (Å²) < 4.78 is 5.47. The molecule has 0 radical (unpaired) electrons. The van der Waals surface area contributed by atoms with Crippen LogP contribution in [0.15, 0.2) is 30.3 Å². The molecule has 2 aliphatic rings. The summed E-state index contributed by atoms with van der Waals surface area (Å²) in [6.07, 6.45) is 5.07. The number of carbonyl (C=O) groups is 7. The first-order chi connectivity index (χ1) is 23.6. The molecule has 0 spiro atoms. The number of hydrogen-bond acceptors (Lipinski definition) is 8. The van der Waals surface area contributed by atoms with E-state index in [1.165, 1.54) is 0 Å². The topological polar surface area (TPSA) is 170 Å². The Morgan fingerprint density at radius 3 is 2.22 bits per heavy atom. The van der Waals surface area contributed by atoms with Gasteiger partial charge < -0.3 is 20.7 Å². The van der Waals surface area contributed by atoms with Gasteiger partial charge >= 0.3 is 5.97 Å². The third kappa shape index (κ3) is 11.9. The number of likely N-dealkylation sites (tertiary alicyclic amines) is 1. The SMILES string of the molecule is CCCC(CC(=O)[C@@H]1CC(C)(C)CN1C(=O)[C@@H](CC(=O)OCC(C)C)C1CCCCC1)C(=O)C(=O)CCC(=O)NC(C(N)=O)c1ccccc1. The van der Waals surface area contributed by atoms with Crippen LogP contribution in [0.1, 0.15) is 123 Å². The Hall–Kier alpha value is -3.89. The van der Waals surface area contributed by atoms with E-state index in [0.717, 1.165) is 32.1 Å². The molecule has 4 atom stereocenters. The summed E-state index contributed by atoms with van der Waals surface area (Å²) >= 11 is 0. The van der Waals surface area contributed by atoms with Crippen molar-refractivity contribution < 1.29 is 38.3 Å². The summed E-state index contributed by atoms with van der Waals surface area (Å²) in [4.78, 5) is 93.9. The number of esters is 1. The second-order valence-corrected chi connectivity index (χ2v) is 15.4. The lowest BCUT2D eigenvalue weighted by Gasteiger charge is -2.34. The molecular weight excluding hydrogens is 638 g/mol. The van der Waals surface area contributed by atoms with Crippen LogP contribution in [0.3, 0.4) is 0 Å². The largest absolute Gasteiger partial charge is 0.465 e. The number of amides is 3. The van der Waals surface area contributed by atoms with Crippen molar-refractivity contribution in [1.29, 1.82) is 0 Å². The van der Waals surface area contributed by atoms with Crippen molar-refractivity contribution in [3.8, 4) is 0 Å². The third-order valence-electron chi connectivity index (χ3n) is 9.91. The van der Waals surface area contributed by atoms with Gasteiger partial charge in [0.25, 0.3) is 0 Å². The number of carbonyl (C=O) groups excluding carboxylic acids is 7. The molecule has 276 valence electrons. The first-order valence-electron chi connectivity index (χ1n) is 18.3. The van der Waals surface area contributed by atoms with Gasteiger partial charge in [0, 0.05) is 31.7 Å². The average Bonchev–Trinajstić information content (AvgIpc) is 3.42. The van der Waals surface area contributed by atoms with Crippen LogP contribution < -0.4 is 11.1 Å². The van der Waals surface area contributed by atoms with Gasteiger partial charge in [-0.2, -0.15) is 0 Å². The van der Waals surface area contributed by atoms with Crippen LogP contribution in [-0.4, -0.2) is 65.1 Å². The lowest BCUT2D eigenvalue weighted by Crippen LogP contribution is -2.47. The standard InChI is InChI=1S/C39H57N3O8/c1-6-13-28(36(47)31(43)18-19-33(45)41-35(37(40)48)27-16-11-8-12-17-27)20-32(44)30-22-39(4,5)24-42(30)38(49)29(26-14-9-7-10-15-26)21-34(46)50-23-25(2)3/h8,11-12,16-17,25-26,28-30,35H,6-7,9-10,13-15,18-24H2,1-5H3,(H2,40,48)(H,41,45)/t28?,29-,30-,35?/m0/s1. The Morgan fingerprint density at radius 2 is 1.62 bits per heavy atom. The van der Waals surface area contributed by atoms with E-state index in [1.807, 2.05) is 34.6 Å². The summed E-state index contributed by atoms with van der Waals surface area (Å²) in [5, 5.41) is 2.53. The molecule has 1 heterocycles. The average molecular weight is 696 g/mol. The number of nitrogens with two attached hydrogens (primary N) is 1. The van der Waals surface area contributed by atoms with Gasteiger partial charge in [0.15, 0.2) is 11.6 Å². The quantitative estimate of drug-likeness (QED) is 0.150. The van der Waals surface area contributed by atoms with Crippen LogP contribution in [0.2, 0.25) is 0 Å². The molecule has 3 amide bonds. The van der Waals surface area contributed by atoms with E-state index < -0.39 is 53.3 Å². The lowest BCUT2D eigenvalue weighted by atomic mass is 9.77. The van der Waals surface area contributed by atoms with Gasteiger partial charge in [0.1, 0.15) is 6.04 Å². The zero-order valence-electron chi connectivity index (χ0n) is 30.5. The van der Waals surface area contributed by atoms with Gasteiger partial charge in [-0.05, 0) is 48.5 Å². The van der Waals surface area contributed by atoms with Gasteiger partial charge in [-0.3, -0.25) is 33.6 Å². The number of nitrogens with zero attached hydrogens (tertiary/aromatic N) is 1. The minimum absolute atomic E-state index is 0.0255. The fraction of sp³-hybridized carbons (Fsp3) is 0.667. The van der Waals surface area contributed by atoms with Gasteiger partial charge in [0.2, 0.25) is 23.5 Å². The second kappa shape index (κ2) is 18.9. The number of benzene rings is 1. The number of hydrogen-bond donors (Lipinski definition) is 2. The Bertz CT molecular complexity index is 1370. The molecule has 1 aliphatic carbocycles. The van der Waals surface area contributed by atoms with E-state index in [2.05, 4.69) is 5.32 Å². The van der Waals surface area contributed by atoms with Gasteiger partial charge in [-0.15, -0.1) is 0 Å². The predicted octanol–water partition coefficient (Wildman–Crippen LogP) is 5.04. The number of rotatable bonds is 19. The first-order valence-corrected chi connectivity index (χ1v) is 18.3. The van der Waals surface area contributed by atoms with E-state index in [1.54, 1.807) is 35.2 Å². The zero-order valence-corrected chi connectivity index (χ0v) is 30.5. The fourth-order valence-electron chi connectivity index (χ4n) is 7.32. The number of ether oxygens (including phenoxy) is 1. The summed E-state index contributed by atoms with van der Waals surface area (Å²) in [7, 11) is 0. The molecule has 3 rings (SSSR count). The van der Waals surface area contributed by atoms with Crippen LogP contribution in [0.4, 0.5) is 0 Å². The van der Waals surface area contributed by atoms with Crippen molar-refractivity contribution in [2.24, 2.45) is 34.8 Å². The van der Waals surface area contributed by atoms with Crippen molar-refractivity contribution in [2.75, 3.05) is 13.2 Å². The summed E-state index contributed by atoms with van der Waals surface area (Å²) in [5.41, 5.74) is 5.62. The minimum Gasteiger partial charge on any atom is -0.465 e. The zero-order chi connectivity index (χ0) is 37.0. The van der Waals surface area contributed by atoms with E-state index in [4.69, 9.17) is 10.5 Å². The number of primary amides is 1. The molecule has 0 aromatic heterocycles. The molecule has 1 saturated carbocycles. The second-order valence-electron chi connectivity index (χ2n) is 15.4. The number of nitrogens with one attached hydrogen (secondary N) is 1. The maximum Gasteiger partial charge on any atom is 0.306 e. The highest BCUT2D eigenvalue weighted by Gasteiger charge is 2.47. The maximum absolute atomic E-state index is 14.3. The third-order valence-corrected chi connectivity index (χ3v) is 9.91. The van der Waals surface area contributed by atoms with Gasteiger partial charge in [-0.1, -0.05) is 90.6 Å². The summed E-state index contributed by atoms with van der Waals surface area (Å²) in [5.74, 6) is -5.02. The smallest absolute Gasteiger partial charge is 0.306 e. The molecule has 2 unspecified atom stereocenters. The van der Waals surface area contributed by atoms with Crippen LogP contribution in [0, 0.1) is 29.1 Å². The Balaban J connectivity index is 1.70. The Kier molecular flexibility index (Phi) is 15.3. The molecule has 50 heavy (non-hydrogen) atoms. The molecule has 0 bridgehead atoms. The van der Waals surface area contributed by atoms with E-state index >= 15 is 0 Å². The molecule has 3 N–H and O–H groups in total. The molecule has 11 heteroatoms. The molecule has 1 aromatic rings. The van der Waals surface area contributed by atoms with Crippen molar-refractivity contribution >= 4 is 41.0 Å². The summed E-state index contributed by atoms with van der Waals surface area (Å²) in [6, 6.07) is 6.61. The molecular formula is C39H57N3O8. The Labute approximate surface area is 296 Å². The highest BCUT2D eigenvalue weighted by Crippen LogP contribution is 2.40. The highest BCUT2D eigenvalue weighted by atomic mass is 16.5. The summed E-state index contributed by atoms with van der Waals surface area (Å²) in [6.45, 7) is 10.4. The Morgan fingerprint density at radius 1 is 0.960 bits per heavy atom. The lowest BCUT2D eigenvalue weighted by molar-refractivity contribution is -0.152. The van der Waals surface area contributed by atoms with Crippen molar-refractivity contribution in [3.63, 3.8) is 0 Å². The minimum atomic E-state index is -1.08. The first kappa shape index (κ1) is 40.5. The highest BCUT2D eigenvalue weighted by molar-refractivity contribution is 6.38. The van der Waals surface area contributed by atoms with E-state index in [-0.39, 0.29) is 61.2 Å². The van der Waals surface area contributed by atoms with Crippen molar-refractivity contribution in [3.05, 3.63) is 35.9 Å². The van der Waals surface area contributed by atoms with Crippen molar-refractivity contribution in [2.45, 2.75) is 124 Å². The van der Waals surface area contributed by atoms with Gasteiger partial charge in [0.05, 0.1) is 25.0 Å². The van der Waals surface area contributed by atoms with Gasteiger partial charge in [-0.25, -0.2) is 0 Å². The number of Topliss-reactive ketones (excluding diaryl/α,β-unsaturated/α-hetero) is 3. The normalized spacial score (nSPS) is 19.3. The number of ketones is 3. The molecule has 1 aromatic carbocycles. The van der Waals surface area contributed by atoms with Crippen molar-refractivity contribution in [1.82, 2.24) is 10.2 Å². The maximum atomic E-state index is 14.3. The van der Waals surface area contributed by atoms with Crippen LogP contribution >= 0.6 is 0 Å². The van der Waals surface area contributed by atoms with E-state index in [0.29, 0.717) is 31.4 Å². The van der Waals surface area contributed by atoms with E-state index in [9.17, 15) is 33.6 Å². The van der Waals surface area contributed by atoms with Crippen LogP contribution in [-0.2, 0) is 38.3 Å².